The molecule has 0 spiro atoms. The molecule has 17 heavy (non-hydrogen) atoms. The quantitative estimate of drug-likeness (QED) is 0.838. The van der Waals surface area contributed by atoms with Crippen LogP contribution < -0.4 is 0 Å². The normalized spacial score (nSPS) is 25.1. The molecule has 1 heterocycles. The van der Waals surface area contributed by atoms with Crippen LogP contribution in [0.1, 0.15) is 27.7 Å². The lowest BCUT2D eigenvalue weighted by atomic mass is 9.99. The monoisotopic (exact) mass is 259 g/mol. The lowest BCUT2D eigenvalue weighted by Crippen LogP contribution is -2.32. The number of carboxylic acid groups (broad SMARTS) is 1. The highest BCUT2D eigenvalue weighted by molar-refractivity contribution is 8.01. The second-order valence-electron chi connectivity index (χ2n) is 5.62. The molecule has 2 unspecified atom stereocenters. The van der Waals surface area contributed by atoms with E-state index in [4.69, 9.17) is 5.11 Å². The number of carboxylic acids is 1. The topological polar surface area (TPSA) is 57.6 Å². The molecule has 0 radical (unpaired) electrons. The van der Waals surface area contributed by atoms with Gasteiger partial charge in [-0.3, -0.25) is 9.59 Å². The number of hydrogen-bond donors (Lipinski definition) is 1. The first kappa shape index (κ1) is 14.4. The summed E-state index contributed by atoms with van der Waals surface area (Å²) in [6.45, 7) is 9.02. The van der Waals surface area contributed by atoms with Crippen LogP contribution in [0.25, 0.3) is 0 Å². The molecule has 0 aromatic carbocycles. The van der Waals surface area contributed by atoms with Crippen molar-refractivity contribution < 1.29 is 14.7 Å². The first-order valence-electron chi connectivity index (χ1n) is 5.85. The number of carbonyl (C=O) groups is 2. The third-order valence-electron chi connectivity index (χ3n) is 2.91. The van der Waals surface area contributed by atoms with Crippen molar-refractivity contribution in [3.63, 3.8) is 0 Å². The number of nitrogens with zero attached hydrogens (tertiary/aromatic N) is 1. The van der Waals surface area contributed by atoms with Crippen LogP contribution in [0.3, 0.4) is 0 Å². The van der Waals surface area contributed by atoms with Gasteiger partial charge < -0.3 is 10.0 Å². The Morgan fingerprint density at radius 2 is 1.94 bits per heavy atom. The summed E-state index contributed by atoms with van der Waals surface area (Å²) in [6.07, 6.45) is 0. The molecule has 0 aromatic heterocycles. The van der Waals surface area contributed by atoms with Gasteiger partial charge in [-0.15, -0.1) is 11.8 Å². The van der Waals surface area contributed by atoms with Crippen molar-refractivity contribution in [2.24, 2.45) is 11.8 Å². The summed E-state index contributed by atoms with van der Waals surface area (Å²) in [5.41, 5.74) is 0. The average molecular weight is 259 g/mol. The molecule has 4 nitrogen and oxygen atoms in total. The Hall–Kier alpha value is -0.710. The summed E-state index contributed by atoms with van der Waals surface area (Å²) in [5.74, 6) is -0.658. The van der Waals surface area contributed by atoms with Gasteiger partial charge in [0.05, 0.1) is 11.7 Å². The molecule has 1 amide bonds. The first-order valence-corrected chi connectivity index (χ1v) is 6.84. The SMILES string of the molecule is CC1CN(C(=O)CSC(C)(C)C)CC1C(=O)O. The van der Waals surface area contributed by atoms with Crippen molar-refractivity contribution in [1.29, 1.82) is 0 Å². The Bertz CT molecular complexity index is 311. The Morgan fingerprint density at radius 3 is 2.35 bits per heavy atom. The van der Waals surface area contributed by atoms with E-state index in [9.17, 15) is 9.59 Å². The molecule has 1 aliphatic heterocycles. The van der Waals surface area contributed by atoms with E-state index in [0.29, 0.717) is 18.8 Å². The highest BCUT2D eigenvalue weighted by Gasteiger charge is 2.36. The van der Waals surface area contributed by atoms with Gasteiger partial charge in [0, 0.05) is 17.8 Å². The summed E-state index contributed by atoms with van der Waals surface area (Å²) in [7, 11) is 0. The van der Waals surface area contributed by atoms with Gasteiger partial charge in [0.25, 0.3) is 0 Å². The third-order valence-corrected chi connectivity index (χ3v) is 4.17. The van der Waals surface area contributed by atoms with Crippen LogP contribution in [0.5, 0.6) is 0 Å². The number of rotatable bonds is 3. The molecule has 5 heteroatoms. The van der Waals surface area contributed by atoms with Crippen LogP contribution >= 0.6 is 11.8 Å². The Balaban J connectivity index is 2.48. The van der Waals surface area contributed by atoms with Crippen LogP contribution in [0.2, 0.25) is 0 Å². The average Bonchev–Trinajstić information content (AvgIpc) is 2.55. The zero-order valence-corrected chi connectivity index (χ0v) is 11.7. The molecule has 1 rings (SSSR count). The minimum absolute atomic E-state index is 0.0519. The van der Waals surface area contributed by atoms with Crippen molar-refractivity contribution in [2.75, 3.05) is 18.8 Å². The van der Waals surface area contributed by atoms with Crippen molar-refractivity contribution in [3.8, 4) is 0 Å². The zero-order chi connectivity index (χ0) is 13.2. The van der Waals surface area contributed by atoms with E-state index in [1.807, 2.05) is 6.92 Å². The van der Waals surface area contributed by atoms with E-state index >= 15 is 0 Å². The van der Waals surface area contributed by atoms with Gasteiger partial charge in [-0.2, -0.15) is 0 Å². The van der Waals surface area contributed by atoms with Gasteiger partial charge in [0.15, 0.2) is 0 Å². The van der Waals surface area contributed by atoms with Crippen LogP contribution in [0, 0.1) is 11.8 Å². The smallest absolute Gasteiger partial charge is 0.308 e. The molecule has 2 atom stereocenters. The number of thioether (sulfide) groups is 1. The fourth-order valence-corrected chi connectivity index (χ4v) is 2.60. The molecule has 1 saturated heterocycles. The number of aliphatic carboxylic acids is 1. The Morgan fingerprint density at radius 1 is 1.35 bits per heavy atom. The second-order valence-corrected chi connectivity index (χ2v) is 7.42. The summed E-state index contributed by atoms with van der Waals surface area (Å²) < 4.78 is 0.0627. The van der Waals surface area contributed by atoms with Gasteiger partial charge in [0.2, 0.25) is 5.91 Å². The van der Waals surface area contributed by atoms with E-state index in [1.54, 1.807) is 16.7 Å². The molecule has 0 aliphatic carbocycles. The van der Waals surface area contributed by atoms with Gasteiger partial charge in [-0.1, -0.05) is 27.7 Å². The van der Waals surface area contributed by atoms with E-state index < -0.39 is 11.9 Å². The maximum Gasteiger partial charge on any atom is 0.308 e. The van der Waals surface area contributed by atoms with Crippen LogP contribution in [-0.4, -0.2) is 45.5 Å². The predicted molar refractivity (Wildman–Crippen MR) is 69.1 cm³/mol. The Kier molecular flexibility index (Phi) is 4.47. The molecular weight excluding hydrogens is 238 g/mol. The molecular formula is C12H21NO3S. The fraction of sp³-hybridized carbons (Fsp3) is 0.833. The summed E-state index contributed by atoms with van der Waals surface area (Å²) >= 11 is 1.60. The highest BCUT2D eigenvalue weighted by Crippen LogP contribution is 2.27. The van der Waals surface area contributed by atoms with Gasteiger partial charge in [0.1, 0.15) is 0 Å². The minimum Gasteiger partial charge on any atom is -0.481 e. The zero-order valence-electron chi connectivity index (χ0n) is 10.9. The Labute approximate surface area is 107 Å². The third kappa shape index (κ3) is 4.22. The largest absolute Gasteiger partial charge is 0.481 e. The maximum absolute atomic E-state index is 11.9. The summed E-state index contributed by atoms with van der Waals surface area (Å²) in [5, 5.41) is 9.00. The first-order chi connectivity index (χ1) is 7.70. The molecule has 0 saturated carbocycles. The molecule has 0 aromatic rings. The fourth-order valence-electron chi connectivity index (χ4n) is 1.86. The van der Waals surface area contributed by atoms with Crippen LogP contribution in [-0.2, 0) is 9.59 Å². The lowest BCUT2D eigenvalue weighted by molar-refractivity contribution is -0.142. The second kappa shape index (κ2) is 5.29. The molecule has 0 bridgehead atoms. The highest BCUT2D eigenvalue weighted by atomic mass is 32.2. The molecule has 98 valence electrons. The molecule has 1 N–H and O–H groups in total. The van der Waals surface area contributed by atoms with Crippen molar-refractivity contribution in [2.45, 2.75) is 32.4 Å². The molecule has 1 aliphatic rings. The number of hydrogen-bond acceptors (Lipinski definition) is 3. The summed E-state index contributed by atoms with van der Waals surface area (Å²) in [6, 6.07) is 0. The van der Waals surface area contributed by atoms with E-state index in [-0.39, 0.29) is 16.6 Å². The van der Waals surface area contributed by atoms with Crippen molar-refractivity contribution in [3.05, 3.63) is 0 Å². The number of likely N-dealkylation sites (tertiary alicyclic amines) is 1. The van der Waals surface area contributed by atoms with Crippen molar-refractivity contribution >= 4 is 23.6 Å². The van der Waals surface area contributed by atoms with Gasteiger partial charge in [-0.25, -0.2) is 0 Å². The number of carbonyl (C=O) groups excluding carboxylic acids is 1. The van der Waals surface area contributed by atoms with Crippen LogP contribution in [0.4, 0.5) is 0 Å². The summed E-state index contributed by atoms with van der Waals surface area (Å²) in [4.78, 5) is 24.6. The number of amides is 1. The van der Waals surface area contributed by atoms with Gasteiger partial charge in [-0.05, 0) is 5.92 Å². The maximum atomic E-state index is 11.9. The van der Waals surface area contributed by atoms with Crippen molar-refractivity contribution in [1.82, 2.24) is 4.90 Å². The van der Waals surface area contributed by atoms with E-state index in [2.05, 4.69) is 20.8 Å². The minimum atomic E-state index is -0.795. The predicted octanol–water partition coefficient (Wildman–Crippen LogP) is 1.70. The van der Waals surface area contributed by atoms with Crippen LogP contribution in [0.15, 0.2) is 0 Å². The standard InChI is InChI=1S/C12H21NO3S/c1-8-5-13(6-9(8)11(15)16)10(14)7-17-12(2,3)4/h8-9H,5-7H2,1-4H3,(H,15,16). The van der Waals surface area contributed by atoms with Gasteiger partial charge >= 0.3 is 5.97 Å². The van der Waals surface area contributed by atoms with E-state index in [0.717, 1.165) is 0 Å². The molecule has 1 fully saturated rings. The lowest BCUT2D eigenvalue weighted by Gasteiger charge is -2.20. The van der Waals surface area contributed by atoms with E-state index in [1.165, 1.54) is 0 Å².